The number of rotatable bonds is 5. The second-order valence-corrected chi connectivity index (χ2v) is 5.14. The van der Waals surface area contributed by atoms with Crippen LogP contribution in [-0.2, 0) is 4.74 Å². The molecule has 0 radical (unpaired) electrons. The predicted molar refractivity (Wildman–Crippen MR) is 61.9 cm³/mol. The van der Waals surface area contributed by atoms with Gasteiger partial charge in [0.2, 0.25) is 0 Å². The van der Waals surface area contributed by atoms with Gasteiger partial charge in [-0.05, 0) is 32.4 Å². The normalized spacial score (nSPS) is 27.6. The number of hydrogen-bond acceptors (Lipinski definition) is 3. The van der Waals surface area contributed by atoms with Crippen molar-refractivity contribution in [2.45, 2.75) is 32.8 Å². The van der Waals surface area contributed by atoms with Crippen molar-refractivity contribution < 1.29 is 9.84 Å². The molecule has 3 heteroatoms. The van der Waals surface area contributed by atoms with Crippen molar-refractivity contribution in [1.29, 1.82) is 0 Å². The molecule has 1 rings (SSSR count). The predicted octanol–water partition coefficient (Wildman–Crippen LogP) is 1.36. The molecule has 1 N–H and O–H groups in total. The Hall–Kier alpha value is -0.120. The summed E-state index contributed by atoms with van der Waals surface area (Å²) >= 11 is 0. The van der Waals surface area contributed by atoms with Gasteiger partial charge in [-0.15, -0.1) is 0 Å². The summed E-state index contributed by atoms with van der Waals surface area (Å²) in [5.74, 6) is 1.05. The fourth-order valence-corrected chi connectivity index (χ4v) is 1.93. The summed E-state index contributed by atoms with van der Waals surface area (Å²) in [7, 11) is 2.13. The quantitative estimate of drug-likeness (QED) is 0.751. The molecule has 1 aliphatic rings. The average molecular weight is 215 g/mol. The summed E-state index contributed by atoms with van der Waals surface area (Å²) in [6.07, 6.45) is 1.85. The van der Waals surface area contributed by atoms with E-state index < -0.39 is 0 Å². The fourth-order valence-electron chi connectivity index (χ4n) is 1.93. The van der Waals surface area contributed by atoms with Crippen LogP contribution in [0, 0.1) is 11.8 Å². The van der Waals surface area contributed by atoms with Gasteiger partial charge in [0.05, 0.1) is 12.7 Å². The number of aliphatic hydroxyl groups is 1. The third-order valence-electron chi connectivity index (χ3n) is 3.07. The van der Waals surface area contributed by atoms with Crippen molar-refractivity contribution in [3.8, 4) is 0 Å². The summed E-state index contributed by atoms with van der Waals surface area (Å²) < 4.78 is 5.39. The maximum atomic E-state index is 9.79. The van der Waals surface area contributed by atoms with E-state index in [4.69, 9.17) is 4.74 Å². The van der Waals surface area contributed by atoms with Crippen LogP contribution >= 0.6 is 0 Å². The van der Waals surface area contributed by atoms with Crippen LogP contribution in [0.5, 0.6) is 0 Å². The van der Waals surface area contributed by atoms with Gasteiger partial charge in [-0.25, -0.2) is 0 Å². The van der Waals surface area contributed by atoms with Crippen LogP contribution in [0.15, 0.2) is 0 Å². The molecule has 1 heterocycles. The van der Waals surface area contributed by atoms with Gasteiger partial charge in [0, 0.05) is 19.1 Å². The highest BCUT2D eigenvalue weighted by molar-refractivity contribution is 4.75. The molecule has 0 spiro atoms. The lowest BCUT2D eigenvalue weighted by molar-refractivity contribution is -0.0446. The van der Waals surface area contributed by atoms with Crippen molar-refractivity contribution in [1.82, 2.24) is 4.90 Å². The van der Waals surface area contributed by atoms with E-state index in [2.05, 4.69) is 25.8 Å². The summed E-state index contributed by atoms with van der Waals surface area (Å²) in [4.78, 5) is 2.31. The van der Waals surface area contributed by atoms with Gasteiger partial charge in [-0.1, -0.05) is 13.8 Å². The van der Waals surface area contributed by atoms with E-state index in [-0.39, 0.29) is 6.10 Å². The summed E-state index contributed by atoms with van der Waals surface area (Å²) in [6.45, 7) is 7.98. The SMILES string of the molecule is CC(C)CCN(C)CC1COCCC1O. The molecule has 0 aliphatic carbocycles. The topological polar surface area (TPSA) is 32.7 Å². The summed E-state index contributed by atoms with van der Waals surface area (Å²) in [5, 5.41) is 9.79. The van der Waals surface area contributed by atoms with Gasteiger partial charge in [0.15, 0.2) is 0 Å². The van der Waals surface area contributed by atoms with E-state index in [1.165, 1.54) is 6.42 Å². The van der Waals surface area contributed by atoms with Gasteiger partial charge in [-0.3, -0.25) is 0 Å². The number of nitrogens with zero attached hydrogens (tertiary/aromatic N) is 1. The molecule has 0 aromatic carbocycles. The van der Waals surface area contributed by atoms with Gasteiger partial charge < -0.3 is 14.7 Å². The van der Waals surface area contributed by atoms with E-state index >= 15 is 0 Å². The van der Waals surface area contributed by atoms with Gasteiger partial charge in [-0.2, -0.15) is 0 Å². The van der Waals surface area contributed by atoms with E-state index in [0.717, 1.165) is 25.4 Å². The Bertz CT molecular complexity index is 173. The first-order chi connectivity index (χ1) is 7.09. The standard InChI is InChI=1S/C12H25NO2/c1-10(2)4-6-13(3)8-11-9-15-7-5-12(11)14/h10-12,14H,4-9H2,1-3H3. The Morgan fingerprint density at radius 3 is 2.80 bits per heavy atom. The Morgan fingerprint density at radius 2 is 2.20 bits per heavy atom. The molecule has 0 aromatic rings. The molecule has 0 bridgehead atoms. The van der Waals surface area contributed by atoms with Crippen LogP contribution in [-0.4, -0.2) is 49.5 Å². The van der Waals surface area contributed by atoms with Crippen molar-refractivity contribution in [2.24, 2.45) is 11.8 Å². The smallest absolute Gasteiger partial charge is 0.0624 e. The fraction of sp³-hybridized carbons (Fsp3) is 1.00. The zero-order valence-electron chi connectivity index (χ0n) is 10.3. The Balaban J connectivity index is 2.20. The minimum Gasteiger partial charge on any atom is -0.393 e. The third kappa shape index (κ3) is 4.96. The molecule has 1 fully saturated rings. The zero-order chi connectivity index (χ0) is 11.3. The molecule has 0 amide bonds. The maximum Gasteiger partial charge on any atom is 0.0624 e. The van der Waals surface area contributed by atoms with Crippen LogP contribution < -0.4 is 0 Å². The van der Waals surface area contributed by atoms with Gasteiger partial charge in [0.25, 0.3) is 0 Å². The molecule has 2 atom stereocenters. The molecule has 0 aromatic heterocycles. The first-order valence-corrected chi connectivity index (χ1v) is 6.04. The van der Waals surface area contributed by atoms with E-state index in [0.29, 0.717) is 19.1 Å². The third-order valence-corrected chi connectivity index (χ3v) is 3.07. The molecular formula is C12H25NO2. The number of aliphatic hydroxyl groups excluding tert-OH is 1. The minimum atomic E-state index is -0.166. The van der Waals surface area contributed by atoms with Crippen molar-refractivity contribution in [3.63, 3.8) is 0 Å². The molecular weight excluding hydrogens is 190 g/mol. The van der Waals surface area contributed by atoms with Crippen LogP contribution in [0.1, 0.15) is 26.7 Å². The highest BCUT2D eigenvalue weighted by Crippen LogP contribution is 2.15. The molecule has 0 saturated carbocycles. The molecule has 2 unspecified atom stereocenters. The van der Waals surface area contributed by atoms with Crippen molar-refractivity contribution in [3.05, 3.63) is 0 Å². The van der Waals surface area contributed by atoms with Crippen LogP contribution in [0.25, 0.3) is 0 Å². The minimum absolute atomic E-state index is 0.166. The lowest BCUT2D eigenvalue weighted by atomic mass is 9.98. The Labute approximate surface area is 93.4 Å². The van der Waals surface area contributed by atoms with Gasteiger partial charge in [0.1, 0.15) is 0 Å². The van der Waals surface area contributed by atoms with Crippen LogP contribution in [0.3, 0.4) is 0 Å². The lowest BCUT2D eigenvalue weighted by Gasteiger charge is -2.31. The van der Waals surface area contributed by atoms with Gasteiger partial charge >= 0.3 is 0 Å². The van der Waals surface area contributed by atoms with Crippen LogP contribution in [0.4, 0.5) is 0 Å². The zero-order valence-corrected chi connectivity index (χ0v) is 10.3. The number of ether oxygens (including phenoxy) is 1. The van der Waals surface area contributed by atoms with E-state index in [1.807, 2.05) is 0 Å². The Morgan fingerprint density at radius 1 is 1.47 bits per heavy atom. The summed E-state index contributed by atoms with van der Waals surface area (Å²) in [6, 6.07) is 0. The number of hydrogen-bond donors (Lipinski definition) is 1. The molecule has 1 saturated heterocycles. The largest absolute Gasteiger partial charge is 0.393 e. The lowest BCUT2D eigenvalue weighted by Crippen LogP contribution is -2.40. The monoisotopic (exact) mass is 215 g/mol. The molecule has 90 valence electrons. The van der Waals surface area contributed by atoms with Crippen molar-refractivity contribution in [2.75, 3.05) is 33.4 Å². The average Bonchev–Trinajstić information content (AvgIpc) is 2.18. The first-order valence-electron chi connectivity index (χ1n) is 6.04. The maximum absolute atomic E-state index is 9.79. The Kier molecular flexibility index (Phi) is 5.58. The molecule has 1 aliphatic heterocycles. The molecule has 3 nitrogen and oxygen atoms in total. The molecule has 15 heavy (non-hydrogen) atoms. The van der Waals surface area contributed by atoms with E-state index in [1.54, 1.807) is 0 Å². The van der Waals surface area contributed by atoms with Crippen LogP contribution in [0.2, 0.25) is 0 Å². The van der Waals surface area contributed by atoms with E-state index in [9.17, 15) is 5.11 Å². The highest BCUT2D eigenvalue weighted by atomic mass is 16.5. The highest BCUT2D eigenvalue weighted by Gasteiger charge is 2.24. The summed E-state index contributed by atoms with van der Waals surface area (Å²) in [5.41, 5.74) is 0. The second kappa shape index (κ2) is 6.46. The van der Waals surface area contributed by atoms with Crippen molar-refractivity contribution >= 4 is 0 Å². The second-order valence-electron chi connectivity index (χ2n) is 5.14. The first kappa shape index (κ1) is 12.9.